The molecule has 4 unspecified atom stereocenters. The van der Waals surface area contributed by atoms with E-state index < -0.39 is 12.4 Å². The Bertz CT molecular complexity index is 1550. The van der Waals surface area contributed by atoms with Gasteiger partial charge in [-0.2, -0.15) is 4.73 Å². The molecule has 0 aliphatic carbocycles. The van der Waals surface area contributed by atoms with Crippen molar-refractivity contribution in [2.75, 3.05) is 12.4 Å². The molecule has 2 heterocycles. The molecule has 1 amide bonds. The van der Waals surface area contributed by atoms with Crippen LogP contribution in [0.3, 0.4) is 0 Å². The Kier molecular flexibility index (Phi) is 10.7. The van der Waals surface area contributed by atoms with Gasteiger partial charge < -0.3 is 29.8 Å². The maximum atomic E-state index is 12.3. The molecule has 0 spiro atoms. The van der Waals surface area contributed by atoms with E-state index in [2.05, 4.69) is 18.8 Å². The van der Waals surface area contributed by atoms with Gasteiger partial charge in [-0.25, -0.2) is 4.79 Å². The van der Waals surface area contributed by atoms with Gasteiger partial charge >= 0.3 is 6.09 Å². The van der Waals surface area contributed by atoms with Gasteiger partial charge in [-0.05, 0) is 33.9 Å². The number of alkyl carbamates (subject to hydrolysis) is 1. The van der Waals surface area contributed by atoms with Crippen molar-refractivity contribution in [2.45, 2.75) is 43.6 Å². The van der Waals surface area contributed by atoms with Gasteiger partial charge in [0.05, 0.1) is 18.8 Å². The quantitative estimate of drug-likeness (QED) is 0.0865. The second-order valence-corrected chi connectivity index (χ2v) is 11.6. The second-order valence-electron chi connectivity index (χ2n) is 10.5. The number of hydrogen-bond acceptors (Lipinski definition) is 7. The number of rotatable bonds is 11. The first kappa shape index (κ1) is 31.3. The maximum Gasteiger partial charge on any atom is 0.407 e. The molecule has 1 aliphatic heterocycles. The summed E-state index contributed by atoms with van der Waals surface area (Å²) in [5.41, 5.74) is 5.64. The first-order chi connectivity index (χ1) is 21.5. The molecule has 1 aliphatic rings. The smallest absolute Gasteiger partial charge is 0.407 e. The molecule has 44 heavy (non-hydrogen) atoms. The number of benzene rings is 3. The van der Waals surface area contributed by atoms with Crippen molar-refractivity contribution in [3.8, 4) is 11.1 Å². The molecule has 1 fully saturated rings. The predicted octanol–water partition coefficient (Wildman–Crippen LogP) is 6.48. The molecular formula is C35H36N2O6S. The average molecular weight is 613 g/mol. The van der Waals surface area contributed by atoms with Crippen molar-refractivity contribution in [2.24, 2.45) is 5.92 Å². The van der Waals surface area contributed by atoms with Gasteiger partial charge in [0.1, 0.15) is 6.61 Å². The number of nitrogens with one attached hydrogen (secondary N) is 1. The van der Waals surface area contributed by atoms with Gasteiger partial charge in [0.2, 0.25) is 0 Å². The Morgan fingerprint density at radius 3 is 2.48 bits per heavy atom. The highest BCUT2D eigenvalue weighted by Crippen LogP contribution is 2.43. The zero-order valence-electron chi connectivity index (χ0n) is 24.5. The third-order valence-electron chi connectivity index (χ3n) is 7.57. The minimum atomic E-state index is -0.625. The van der Waals surface area contributed by atoms with Crippen molar-refractivity contribution in [3.63, 3.8) is 0 Å². The number of pyridine rings is 1. The lowest BCUT2D eigenvalue weighted by molar-refractivity contribution is -0.645. The highest BCUT2D eigenvalue weighted by molar-refractivity contribution is 7.99. The molecule has 0 saturated carbocycles. The number of aliphatic hydroxyl groups excluding tert-OH is 1. The van der Waals surface area contributed by atoms with Crippen LogP contribution in [-0.2, 0) is 27.4 Å². The van der Waals surface area contributed by atoms with Crippen molar-refractivity contribution < 1.29 is 28.8 Å². The van der Waals surface area contributed by atoms with Crippen LogP contribution in [0, 0.1) is 11.1 Å². The molecule has 4 aromatic rings. The van der Waals surface area contributed by atoms with Gasteiger partial charge in [0, 0.05) is 35.9 Å². The van der Waals surface area contributed by atoms with Crippen LogP contribution in [0.25, 0.3) is 11.1 Å². The fourth-order valence-electron chi connectivity index (χ4n) is 5.13. The summed E-state index contributed by atoms with van der Waals surface area (Å²) in [7, 11) is 0. The minimum absolute atomic E-state index is 0.000592. The molecule has 1 aromatic heterocycles. The molecule has 3 aromatic carbocycles. The Morgan fingerprint density at radius 2 is 1.75 bits per heavy atom. The van der Waals surface area contributed by atoms with Crippen LogP contribution >= 0.6 is 11.8 Å². The third-order valence-corrected chi connectivity index (χ3v) is 8.68. The van der Waals surface area contributed by atoms with Crippen molar-refractivity contribution >= 4 is 17.9 Å². The number of carbonyl (C=O) groups is 1. The van der Waals surface area contributed by atoms with E-state index in [1.807, 2.05) is 78.9 Å². The average Bonchev–Trinajstić information content (AvgIpc) is 3.07. The zero-order chi connectivity index (χ0) is 30.9. The van der Waals surface area contributed by atoms with Gasteiger partial charge in [-0.1, -0.05) is 104 Å². The number of ether oxygens (including phenoxy) is 3. The molecule has 228 valence electrons. The van der Waals surface area contributed by atoms with E-state index in [0.717, 1.165) is 38.1 Å². The monoisotopic (exact) mass is 612 g/mol. The molecule has 0 bridgehead atoms. The lowest BCUT2D eigenvalue weighted by Crippen LogP contribution is -2.39. The first-order valence-electron chi connectivity index (χ1n) is 14.5. The molecule has 9 heteroatoms. The molecule has 1 saturated heterocycles. The van der Waals surface area contributed by atoms with E-state index >= 15 is 0 Å². The predicted molar refractivity (Wildman–Crippen MR) is 169 cm³/mol. The maximum absolute atomic E-state index is 12.3. The highest BCUT2D eigenvalue weighted by Gasteiger charge is 2.38. The second kappa shape index (κ2) is 15.0. The van der Waals surface area contributed by atoms with Gasteiger partial charge in [0.15, 0.2) is 12.5 Å². The summed E-state index contributed by atoms with van der Waals surface area (Å²) in [5.74, 6) is 0.575. The lowest BCUT2D eigenvalue weighted by atomic mass is 9.91. The molecule has 2 N–H and O–H groups in total. The number of aromatic nitrogens is 1. The Morgan fingerprint density at radius 1 is 1.02 bits per heavy atom. The van der Waals surface area contributed by atoms with Crippen molar-refractivity contribution in [3.05, 3.63) is 137 Å². The van der Waals surface area contributed by atoms with Crippen molar-refractivity contribution in [1.29, 1.82) is 0 Å². The van der Waals surface area contributed by atoms with E-state index in [9.17, 15) is 15.1 Å². The van der Waals surface area contributed by atoms with E-state index in [4.69, 9.17) is 14.2 Å². The van der Waals surface area contributed by atoms with Crippen LogP contribution in [0.2, 0.25) is 0 Å². The number of nitrogens with zero attached hydrogens (tertiary/aromatic N) is 1. The summed E-state index contributed by atoms with van der Waals surface area (Å²) < 4.78 is 19.0. The standard InChI is InChI=1S/C35H36N2O6S/c1-3-20-41-35(39)36-21-29-8-4-5-9-30(29)26-15-17-28(18-16-26)34-42-31(23-44-32-10-6-7-19-37(32)40)24(2)33(43-34)27-13-11-25(22-38)12-14-27/h3-19,24,31,33-34,38H,1,20-23H2,2H3,(H,36,39). The molecule has 8 nitrogen and oxygen atoms in total. The van der Waals surface area contributed by atoms with E-state index in [1.54, 1.807) is 12.1 Å². The summed E-state index contributed by atoms with van der Waals surface area (Å²) in [4.78, 5) is 12.0. The van der Waals surface area contributed by atoms with E-state index in [1.165, 1.54) is 24.0 Å². The van der Waals surface area contributed by atoms with Gasteiger partial charge in [0.25, 0.3) is 5.03 Å². The molecule has 5 rings (SSSR count). The summed E-state index contributed by atoms with van der Waals surface area (Å²) >= 11 is 1.46. The number of thioether (sulfide) groups is 1. The first-order valence-corrected chi connectivity index (χ1v) is 15.5. The van der Waals surface area contributed by atoms with Crippen LogP contribution in [0.5, 0.6) is 0 Å². The van der Waals surface area contributed by atoms with Crippen LogP contribution in [-0.4, -0.2) is 29.7 Å². The lowest BCUT2D eigenvalue weighted by Gasteiger charge is -2.41. The zero-order valence-corrected chi connectivity index (χ0v) is 25.3. The third kappa shape index (κ3) is 7.67. The van der Waals surface area contributed by atoms with E-state index in [-0.39, 0.29) is 31.3 Å². The summed E-state index contributed by atoms with van der Waals surface area (Å²) in [6.07, 6.45) is 1.44. The Hall–Kier alpha value is -4.15. The summed E-state index contributed by atoms with van der Waals surface area (Å²) in [5, 5.41) is 25.2. The number of carbonyl (C=O) groups excluding carboxylic acids is 1. The summed E-state index contributed by atoms with van der Waals surface area (Å²) in [6, 6.07) is 29.1. The van der Waals surface area contributed by atoms with Gasteiger partial charge in [-0.3, -0.25) is 0 Å². The van der Waals surface area contributed by atoms with Gasteiger partial charge in [-0.15, -0.1) is 0 Å². The number of aliphatic hydroxyl groups is 1. The topological polar surface area (TPSA) is 104 Å². The minimum Gasteiger partial charge on any atom is -0.618 e. The Labute approximate surface area is 261 Å². The molecular weight excluding hydrogens is 576 g/mol. The van der Waals surface area contributed by atoms with Crippen LogP contribution in [0.4, 0.5) is 4.79 Å². The normalized spacial score (nSPS) is 19.7. The molecule has 0 radical (unpaired) electrons. The van der Waals surface area contributed by atoms with E-state index in [0.29, 0.717) is 17.3 Å². The number of amides is 1. The SMILES string of the molecule is C=CCOC(=O)NCc1ccccc1-c1ccc(C2OC(CSc3cccc[n+]3[O-])C(C)C(c3ccc(CO)cc3)O2)cc1. The number of hydrogen-bond donors (Lipinski definition) is 2. The van der Waals surface area contributed by atoms with Crippen LogP contribution in [0.15, 0.2) is 115 Å². The van der Waals surface area contributed by atoms with Crippen LogP contribution in [0.1, 0.15) is 41.6 Å². The van der Waals surface area contributed by atoms with Crippen LogP contribution < -0.4 is 10.0 Å². The van der Waals surface area contributed by atoms with Crippen molar-refractivity contribution in [1.82, 2.24) is 5.32 Å². The fraction of sp³-hybridized carbons (Fsp3) is 0.257. The fourth-order valence-corrected chi connectivity index (χ4v) is 6.21. The Balaban J connectivity index is 1.36. The highest BCUT2D eigenvalue weighted by atomic mass is 32.2. The largest absolute Gasteiger partial charge is 0.618 e. The summed E-state index contributed by atoms with van der Waals surface area (Å²) in [6.45, 7) is 6.11. The molecule has 4 atom stereocenters.